The van der Waals surface area contributed by atoms with Gasteiger partial charge in [0.2, 0.25) is 0 Å². The SMILES string of the molecule is CCOc1cc(C=C2C(=O)c3ccccc3C2=O)cc(Br)c1OCc1ccc(C(=O)O)cc1. The quantitative estimate of drug-likeness (QED) is 0.332. The van der Waals surface area contributed by atoms with E-state index in [0.717, 1.165) is 5.56 Å². The van der Waals surface area contributed by atoms with Crippen molar-refractivity contribution in [2.24, 2.45) is 0 Å². The summed E-state index contributed by atoms with van der Waals surface area (Å²) in [7, 11) is 0. The van der Waals surface area contributed by atoms with Crippen molar-refractivity contribution in [3.8, 4) is 11.5 Å². The standard InChI is InChI=1S/C26H19BrO6/c1-2-32-22-13-16(11-20-23(28)18-5-3-4-6-19(18)24(20)29)12-21(27)25(22)33-14-15-7-9-17(10-8-15)26(30)31/h3-13H,2,14H2,1H3,(H,30,31). The number of carboxylic acid groups (broad SMARTS) is 1. The number of halogens is 1. The van der Waals surface area contributed by atoms with Crippen molar-refractivity contribution in [3.05, 3.63) is 98.5 Å². The van der Waals surface area contributed by atoms with E-state index in [2.05, 4.69) is 15.9 Å². The molecular weight excluding hydrogens is 488 g/mol. The second kappa shape index (κ2) is 9.42. The summed E-state index contributed by atoms with van der Waals surface area (Å²) < 4.78 is 12.3. The molecule has 0 spiro atoms. The van der Waals surface area contributed by atoms with E-state index in [4.69, 9.17) is 14.6 Å². The van der Waals surface area contributed by atoms with Crippen LogP contribution in [0, 0.1) is 0 Å². The molecule has 0 radical (unpaired) electrons. The van der Waals surface area contributed by atoms with Crippen LogP contribution in [0.4, 0.5) is 0 Å². The summed E-state index contributed by atoms with van der Waals surface area (Å²) in [5.41, 5.74) is 2.54. The summed E-state index contributed by atoms with van der Waals surface area (Å²) in [6, 6.07) is 16.6. The number of carbonyl (C=O) groups is 3. The van der Waals surface area contributed by atoms with Crippen LogP contribution in [0.3, 0.4) is 0 Å². The van der Waals surface area contributed by atoms with Crippen LogP contribution in [0.5, 0.6) is 11.5 Å². The number of aromatic carboxylic acids is 1. The Hall–Kier alpha value is -3.71. The molecule has 0 saturated heterocycles. The molecule has 0 bridgehead atoms. The number of carboxylic acids is 1. The molecule has 0 atom stereocenters. The Bertz CT molecular complexity index is 1250. The van der Waals surface area contributed by atoms with Crippen LogP contribution >= 0.6 is 15.9 Å². The van der Waals surface area contributed by atoms with Gasteiger partial charge in [-0.25, -0.2) is 4.79 Å². The van der Waals surface area contributed by atoms with Crippen LogP contribution in [0.25, 0.3) is 6.08 Å². The zero-order valence-corrected chi connectivity index (χ0v) is 19.2. The van der Waals surface area contributed by atoms with Gasteiger partial charge in [-0.3, -0.25) is 9.59 Å². The lowest BCUT2D eigenvalue weighted by molar-refractivity contribution is 0.0696. The van der Waals surface area contributed by atoms with E-state index in [-0.39, 0.29) is 29.3 Å². The lowest BCUT2D eigenvalue weighted by Gasteiger charge is -2.15. The Labute approximate surface area is 198 Å². The normalized spacial score (nSPS) is 12.5. The fraction of sp³-hybridized carbons (Fsp3) is 0.115. The summed E-state index contributed by atoms with van der Waals surface area (Å²) in [4.78, 5) is 36.4. The minimum Gasteiger partial charge on any atom is -0.490 e. The number of rotatable bonds is 7. The van der Waals surface area contributed by atoms with Gasteiger partial charge in [-0.15, -0.1) is 0 Å². The summed E-state index contributed by atoms with van der Waals surface area (Å²) in [6.45, 7) is 2.43. The summed E-state index contributed by atoms with van der Waals surface area (Å²) >= 11 is 3.50. The molecule has 1 aliphatic rings. The highest BCUT2D eigenvalue weighted by Crippen LogP contribution is 2.39. The third kappa shape index (κ3) is 4.59. The smallest absolute Gasteiger partial charge is 0.335 e. The largest absolute Gasteiger partial charge is 0.490 e. The van der Waals surface area contributed by atoms with E-state index in [9.17, 15) is 14.4 Å². The molecule has 7 heteroatoms. The molecule has 0 saturated carbocycles. The van der Waals surface area contributed by atoms with Gasteiger partial charge in [-0.2, -0.15) is 0 Å². The van der Waals surface area contributed by atoms with Crippen molar-refractivity contribution >= 4 is 39.5 Å². The van der Waals surface area contributed by atoms with Gasteiger partial charge in [0.15, 0.2) is 23.1 Å². The average Bonchev–Trinajstić information content (AvgIpc) is 3.04. The first-order valence-electron chi connectivity index (χ1n) is 10.2. The van der Waals surface area contributed by atoms with Crippen LogP contribution in [0.2, 0.25) is 0 Å². The van der Waals surface area contributed by atoms with Gasteiger partial charge < -0.3 is 14.6 Å². The van der Waals surface area contributed by atoms with Crippen molar-refractivity contribution in [2.45, 2.75) is 13.5 Å². The predicted molar refractivity (Wildman–Crippen MR) is 126 cm³/mol. The van der Waals surface area contributed by atoms with Gasteiger partial charge in [-0.05, 0) is 64.3 Å². The number of allylic oxidation sites excluding steroid dienone is 1. The fourth-order valence-electron chi connectivity index (χ4n) is 3.54. The van der Waals surface area contributed by atoms with Gasteiger partial charge in [-0.1, -0.05) is 36.4 Å². The van der Waals surface area contributed by atoms with Gasteiger partial charge in [0.25, 0.3) is 0 Å². The zero-order chi connectivity index (χ0) is 23.5. The Morgan fingerprint density at radius 3 is 2.18 bits per heavy atom. The Kier molecular flexibility index (Phi) is 6.42. The molecular formula is C26H19BrO6. The van der Waals surface area contributed by atoms with E-state index < -0.39 is 5.97 Å². The highest BCUT2D eigenvalue weighted by Gasteiger charge is 2.32. The van der Waals surface area contributed by atoms with Crippen molar-refractivity contribution in [1.82, 2.24) is 0 Å². The average molecular weight is 507 g/mol. The maximum Gasteiger partial charge on any atom is 0.335 e. The lowest BCUT2D eigenvalue weighted by Crippen LogP contribution is -2.03. The van der Waals surface area contributed by atoms with Gasteiger partial charge in [0.1, 0.15) is 6.61 Å². The van der Waals surface area contributed by atoms with Crippen molar-refractivity contribution in [3.63, 3.8) is 0 Å². The highest BCUT2D eigenvalue weighted by atomic mass is 79.9. The number of carbonyl (C=O) groups excluding carboxylic acids is 2. The predicted octanol–water partition coefficient (Wildman–Crippen LogP) is 5.59. The number of ketones is 2. The van der Waals surface area contributed by atoms with Crippen molar-refractivity contribution in [1.29, 1.82) is 0 Å². The molecule has 4 rings (SSSR count). The number of hydrogen-bond donors (Lipinski definition) is 1. The molecule has 0 aliphatic heterocycles. The van der Waals surface area contributed by atoms with E-state index in [1.807, 2.05) is 6.92 Å². The molecule has 166 valence electrons. The number of hydrogen-bond acceptors (Lipinski definition) is 5. The maximum absolute atomic E-state index is 12.7. The highest BCUT2D eigenvalue weighted by molar-refractivity contribution is 9.10. The molecule has 1 aliphatic carbocycles. The summed E-state index contributed by atoms with van der Waals surface area (Å²) in [5, 5.41) is 9.03. The second-order valence-electron chi connectivity index (χ2n) is 7.32. The Balaban J connectivity index is 1.61. The molecule has 1 N–H and O–H groups in total. The van der Waals surface area contributed by atoms with Crippen LogP contribution < -0.4 is 9.47 Å². The molecule has 0 amide bonds. The Morgan fingerprint density at radius 1 is 0.970 bits per heavy atom. The minimum atomic E-state index is -0.990. The molecule has 0 unspecified atom stereocenters. The maximum atomic E-state index is 12.7. The molecule has 6 nitrogen and oxygen atoms in total. The first-order chi connectivity index (χ1) is 15.9. The fourth-order valence-corrected chi connectivity index (χ4v) is 4.12. The van der Waals surface area contributed by atoms with Crippen molar-refractivity contribution in [2.75, 3.05) is 6.61 Å². The first-order valence-corrected chi connectivity index (χ1v) is 11.0. The third-order valence-corrected chi connectivity index (χ3v) is 5.72. The van der Waals surface area contributed by atoms with Crippen LogP contribution in [0.15, 0.2) is 70.7 Å². The van der Waals surface area contributed by atoms with Gasteiger partial charge >= 0.3 is 5.97 Å². The van der Waals surface area contributed by atoms with E-state index >= 15 is 0 Å². The zero-order valence-electron chi connectivity index (χ0n) is 17.6. The summed E-state index contributed by atoms with van der Waals surface area (Å²) in [6.07, 6.45) is 1.56. The first kappa shape index (κ1) is 22.5. The second-order valence-corrected chi connectivity index (χ2v) is 8.17. The number of benzene rings is 3. The topological polar surface area (TPSA) is 89.9 Å². The monoisotopic (exact) mass is 506 g/mol. The van der Waals surface area contributed by atoms with Crippen LogP contribution in [-0.4, -0.2) is 29.2 Å². The molecule has 3 aromatic rings. The number of ether oxygens (including phenoxy) is 2. The molecule has 33 heavy (non-hydrogen) atoms. The molecule has 3 aromatic carbocycles. The molecule has 0 heterocycles. The van der Waals surface area contributed by atoms with E-state index in [1.165, 1.54) is 12.1 Å². The van der Waals surface area contributed by atoms with Crippen LogP contribution in [0.1, 0.15) is 49.1 Å². The molecule has 0 fully saturated rings. The molecule has 0 aromatic heterocycles. The number of fused-ring (bicyclic) bond motifs is 1. The van der Waals surface area contributed by atoms with E-state index in [1.54, 1.807) is 54.6 Å². The lowest BCUT2D eigenvalue weighted by atomic mass is 10.1. The third-order valence-electron chi connectivity index (χ3n) is 5.13. The van der Waals surface area contributed by atoms with E-state index in [0.29, 0.717) is 39.3 Å². The van der Waals surface area contributed by atoms with Gasteiger partial charge in [0.05, 0.1) is 22.2 Å². The van der Waals surface area contributed by atoms with Crippen LogP contribution in [-0.2, 0) is 6.61 Å². The van der Waals surface area contributed by atoms with Crippen molar-refractivity contribution < 1.29 is 29.0 Å². The minimum absolute atomic E-state index is 0.109. The number of Topliss-reactive ketones (excluding diaryl/α,β-unsaturated/α-hetero) is 2. The van der Waals surface area contributed by atoms with Gasteiger partial charge in [0, 0.05) is 11.1 Å². The summed E-state index contributed by atoms with van der Waals surface area (Å²) in [5.74, 6) is -0.662. The Morgan fingerprint density at radius 2 is 1.61 bits per heavy atom.